The molecule has 0 saturated carbocycles. The highest BCUT2D eigenvalue weighted by Gasteiger charge is 2.48. The third kappa shape index (κ3) is 10.3. The Morgan fingerprint density at radius 1 is 1.09 bits per heavy atom. The first-order chi connectivity index (χ1) is 16.3. The third-order valence-corrected chi connectivity index (χ3v) is 4.67. The standard InChI is InChI=1S/C21H30N2O11S/c1-10(24)23-18-14(30-7-6-17(22)35)8-15(21(28)29-5)34-20(18)19(33-13(4)27)16(32-12(3)26)9-31-11(2)25/h8,14,16,18-20H,6-7,9H2,1-5H3,(H2,22,35)(H,23,24)/t14-,16+,18+,19+,20+/m0/s1. The molecule has 35 heavy (non-hydrogen) atoms. The number of esters is 4. The molecule has 5 atom stereocenters. The Hall–Kier alpha value is -3.26. The van der Waals surface area contributed by atoms with Gasteiger partial charge < -0.3 is 39.5 Å². The molecule has 0 aromatic rings. The van der Waals surface area contributed by atoms with Crippen LogP contribution in [0.1, 0.15) is 34.1 Å². The van der Waals surface area contributed by atoms with Gasteiger partial charge in [0.15, 0.2) is 18.3 Å². The van der Waals surface area contributed by atoms with Crippen LogP contribution >= 0.6 is 12.2 Å². The van der Waals surface area contributed by atoms with E-state index in [1.54, 1.807) is 0 Å². The van der Waals surface area contributed by atoms with Gasteiger partial charge in [-0.05, 0) is 6.08 Å². The van der Waals surface area contributed by atoms with E-state index in [2.05, 4.69) is 5.32 Å². The SMILES string of the molecule is COC(=O)C1=C[C@H](OCCC(N)=S)[C@@H](NC(C)=O)[C@H]([C@H](OC(C)=O)[C@@H](COC(C)=O)OC(C)=O)O1. The summed E-state index contributed by atoms with van der Waals surface area (Å²) in [5.41, 5.74) is 5.51. The average Bonchev–Trinajstić information content (AvgIpc) is 2.74. The summed E-state index contributed by atoms with van der Waals surface area (Å²) in [5.74, 6) is -3.98. The second-order valence-corrected chi connectivity index (χ2v) is 7.93. The van der Waals surface area contributed by atoms with Crippen LogP contribution in [0.5, 0.6) is 0 Å². The van der Waals surface area contributed by atoms with E-state index in [1.165, 1.54) is 13.0 Å². The van der Waals surface area contributed by atoms with E-state index in [4.69, 9.17) is 46.4 Å². The largest absolute Gasteiger partial charge is 0.477 e. The summed E-state index contributed by atoms with van der Waals surface area (Å²) in [6.07, 6.45) is -3.71. The van der Waals surface area contributed by atoms with Crippen molar-refractivity contribution >= 4 is 47.0 Å². The quantitative estimate of drug-likeness (QED) is 0.191. The van der Waals surface area contributed by atoms with Gasteiger partial charge in [-0.3, -0.25) is 19.2 Å². The third-order valence-electron chi connectivity index (χ3n) is 4.46. The number of methoxy groups -OCH3 is 1. The minimum Gasteiger partial charge on any atom is -0.477 e. The Morgan fingerprint density at radius 3 is 2.20 bits per heavy atom. The number of nitrogens with two attached hydrogens (primary N) is 1. The Bertz CT molecular complexity index is 860. The minimum absolute atomic E-state index is 0.0206. The molecule has 0 saturated heterocycles. The minimum atomic E-state index is -1.46. The zero-order valence-electron chi connectivity index (χ0n) is 20.1. The molecule has 1 aliphatic rings. The molecule has 0 bridgehead atoms. The molecule has 1 heterocycles. The predicted molar refractivity (Wildman–Crippen MR) is 121 cm³/mol. The lowest BCUT2D eigenvalue weighted by Gasteiger charge is -2.41. The van der Waals surface area contributed by atoms with E-state index >= 15 is 0 Å². The number of nitrogens with one attached hydrogen (secondary N) is 1. The van der Waals surface area contributed by atoms with Gasteiger partial charge in [-0.1, -0.05) is 12.2 Å². The van der Waals surface area contributed by atoms with Crippen LogP contribution in [0.4, 0.5) is 0 Å². The van der Waals surface area contributed by atoms with Crippen molar-refractivity contribution in [1.82, 2.24) is 5.32 Å². The molecule has 13 nitrogen and oxygen atoms in total. The summed E-state index contributed by atoms with van der Waals surface area (Å²) in [7, 11) is 1.12. The number of ether oxygens (including phenoxy) is 6. The van der Waals surface area contributed by atoms with Crippen molar-refractivity contribution in [2.24, 2.45) is 5.73 Å². The molecule has 1 rings (SSSR count). The molecule has 1 amide bonds. The number of hydrogen-bond donors (Lipinski definition) is 2. The topological polar surface area (TPSA) is 179 Å². The van der Waals surface area contributed by atoms with Crippen molar-refractivity contribution in [1.29, 1.82) is 0 Å². The second kappa shape index (κ2) is 14.2. The van der Waals surface area contributed by atoms with Crippen molar-refractivity contribution in [3.63, 3.8) is 0 Å². The van der Waals surface area contributed by atoms with Crippen LogP contribution in [-0.2, 0) is 52.4 Å². The Kier molecular flexibility index (Phi) is 12.1. The summed E-state index contributed by atoms with van der Waals surface area (Å²) in [5, 5.41) is 2.64. The fourth-order valence-corrected chi connectivity index (χ4v) is 3.27. The molecule has 14 heteroatoms. The van der Waals surface area contributed by atoms with Gasteiger partial charge in [0.25, 0.3) is 0 Å². The maximum absolute atomic E-state index is 12.3. The Morgan fingerprint density at radius 2 is 1.71 bits per heavy atom. The molecule has 0 fully saturated rings. The smallest absolute Gasteiger partial charge is 0.373 e. The van der Waals surface area contributed by atoms with Crippen LogP contribution in [-0.4, -0.2) is 85.6 Å². The lowest BCUT2D eigenvalue weighted by atomic mass is 9.93. The van der Waals surface area contributed by atoms with Gasteiger partial charge in [0.2, 0.25) is 11.7 Å². The van der Waals surface area contributed by atoms with Gasteiger partial charge in [-0.25, -0.2) is 4.79 Å². The van der Waals surface area contributed by atoms with Gasteiger partial charge in [-0.2, -0.15) is 0 Å². The van der Waals surface area contributed by atoms with Crippen LogP contribution in [0.25, 0.3) is 0 Å². The maximum Gasteiger partial charge on any atom is 0.373 e. The summed E-state index contributed by atoms with van der Waals surface area (Å²) in [6, 6.07) is -1.06. The average molecular weight is 519 g/mol. The van der Waals surface area contributed by atoms with Crippen molar-refractivity contribution in [2.45, 2.75) is 64.6 Å². The van der Waals surface area contributed by atoms with E-state index in [-0.39, 0.29) is 23.8 Å². The first kappa shape index (κ1) is 29.8. The van der Waals surface area contributed by atoms with Crippen LogP contribution in [0.2, 0.25) is 0 Å². The van der Waals surface area contributed by atoms with Gasteiger partial charge in [0.05, 0.1) is 24.7 Å². The molecule has 1 aliphatic heterocycles. The molecule has 0 radical (unpaired) electrons. The molecule has 3 N–H and O–H groups in total. The first-order valence-electron chi connectivity index (χ1n) is 10.5. The van der Waals surface area contributed by atoms with Crippen molar-refractivity contribution in [3.8, 4) is 0 Å². The van der Waals surface area contributed by atoms with E-state index < -0.39 is 66.8 Å². The van der Waals surface area contributed by atoms with Crippen LogP contribution in [0.3, 0.4) is 0 Å². The fraction of sp³-hybridized carbons (Fsp3) is 0.619. The highest BCUT2D eigenvalue weighted by Crippen LogP contribution is 2.28. The molecule has 196 valence electrons. The number of thiocarbonyl (C=S) groups is 1. The van der Waals surface area contributed by atoms with Gasteiger partial charge in [-0.15, -0.1) is 0 Å². The molecular weight excluding hydrogens is 488 g/mol. The number of hydrogen-bond acceptors (Lipinski definition) is 12. The summed E-state index contributed by atoms with van der Waals surface area (Å²) < 4.78 is 31.9. The van der Waals surface area contributed by atoms with Gasteiger partial charge in [0, 0.05) is 34.1 Å². The van der Waals surface area contributed by atoms with Crippen LogP contribution in [0, 0.1) is 0 Å². The monoisotopic (exact) mass is 518 g/mol. The second-order valence-electron chi connectivity index (χ2n) is 7.41. The zero-order valence-corrected chi connectivity index (χ0v) is 20.9. The zero-order chi connectivity index (χ0) is 26.7. The molecule has 0 unspecified atom stereocenters. The number of carbonyl (C=O) groups is 5. The lowest BCUT2D eigenvalue weighted by molar-refractivity contribution is -0.191. The highest BCUT2D eigenvalue weighted by molar-refractivity contribution is 7.80. The number of rotatable bonds is 12. The molecule has 0 spiro atoms. The number of amides is 1. The van der Waals surface area contributed by atoms with Gasteiger partial charge in [0.1, 0.15) is 12.7 Å². The van der Waals surface area contributed by atoms with E-state index in [1.807, 2.05) is 0 Å². The van der Waals surface area contributed by atoms with E-state index in [0.717, 1.165) is 27.9 Å². The van der Waals surface area contributed by atoms with E-state index in [9.17, 15) is 24.0 Å². The van der Waals surface area contributed by atoms with Crippen molar-refractivity contribution in [3.05, 3.63) is 11.8 Å². The predicted octanol–water partition coefficient (Wildman–Crippen LogP) is -0.565. The Balaban J connectivity index is 3.54. The summed E-state index contributed by atoms with van der Waals surface area (Å²) in [4.78, 5) is 59.7. The molecule has 0 aromatic heterocycles. The van der Waals surface area contributed by atoms with Crippen molar-refractivity contribution < 1.29 is 52.4 Å². The molecular formula is C21H30N2O11S. The first-order valence-corrected chi connectivity index (χ1v) is 10.9. The van der Waals surface area contributed by atoms with E-state index in [0.29, 0.717) is 0 Å². The lowest BCUT2D eigenvalue weighted by Crippen LogP contribution is -2.62. The fourth-order valence-electron chi connectivity index (χ4n) is 3.19. The molecule has 0 aliphatic carbocycles. The molecule has 0 aromatic carbocycles. The Labute approximate surface area is 207 Å². The normalized spacial score (nSPS) is 20.7. The van der Waals surface area contributed by atoms with Gasteiger partial charge >= 0.3 is 23.9 Å². The van der Waals surface area contributed by atoms with Crippen LogP contribution in [0.15, 0.2) is 11.8 Å². The van der Waals surface area contributed by atoms with Crippen LogP contribution < -0.4 is 11.1 Å². The highest BCUT2D eigenvalue weighted by atomic mass is 32.1. The maximum atomic E-state index is 12.3. The summed E-state index contributed by atoms with van der Waals surface area (Å²) >= 11 is 4.85. The number of carbonyl (C=O) groups excluding carboxylic acids is 5. The van der Waals surface area contributed by atoms with Crippen molar-refractivity contribution in [2.75, 3.05) is 20.3 Å². The summed E-state index contributed by atoms with van der Waals surface area (Å²) in [6.45, 7) is 4.06.